The maximum Gasteiger partial charge on any atom is 0.307 e. The fourth-order valence-electron chi connectivity index (χ4n) is 2.40. The third-order valence-electron chi connectivity index (χ3n) is 3.85. The van der Waals surface area contributed by atoms with Gasteiger partial charge in [0.05, 0.1) is 10.8 Å². The van der Waals surface area contributed by atoms with E-state index in [-0.39, 0.29) is 5.69 Å². The fourth-order valence-corrected chi connectivity index (χ4v) is 4.08. The summed E-state index contributed by atoms with van der Waals surface area (Å²) in [6.45, 7) is 7.13. The van der Waals surface area contributed by atoms with Crippen LogP contribution in [0.3, 0.4) is 0 Å². The summed E-state index contributed by atoms with van der Waals surface area (Å²) in [7, 11) is 0. The largest absolute Gasteiger partial charge is 0.307 e. The number of thioether (sulfide) groups is 1. The van der Waals surface area contributed by atoms with Crippen LogP contribution >= 0.6 is 23.1 Å². The molecule has 0 bridgehead atoms. The molecule has 25 heavy (non-hydrogen) atoms. The van der Waals surface area contributed by atoms with Crippen molar-refractivity contribution in [2.24, 2.45) is 0 Å². The van der Waals surface area contributed by atoms with Crippen LogP contribution < -0.4 is 0 Å². The predicted molar refractivity (Wildman–Crippen MR) is 97.8 cm³/mol. The highest BCUT2D eigenvalue weighted by atomic mass is 32.2. The van der Waals surface area contributed by atoms with Crippen molar-refractivity contribution in [1.29, 1.82) is 0 Å². The topological polar surface area (TPSA) is 91.7 Å². The zero-order chi connectivity index (χ0) is 18.0. The lowest BCUT2D eigenvalue weighted by Gasteiger charge is -2.08. The Bertz CT molecular complexity index is 898. The maximum absolute atomic E-state index is 10.7. The Morgan fingerprint density at radius 3 is 2.76 bits per heavy atom. The van der Waals surface area contributed by atoms with Gasteiger partial charge in [-0.3, -0.25) is 14.8 Å². The van der Waals surface area contributed by atoms with Crippen molar-refractivity contribution in [1.82, 2.24) is 24.5 Å². The van der Waals surface area contributed by atoms with E-state index in [9.17, 15) is 10.1 Å². The standard InChI is InChI=1S/C15H18N6O2S2/c1-4-5-20-14(13-8-24-11(3)10(13)2)17-18-15(20)25-9-19-7-12(6-16-19)21(22)23/h6-8H,4-5,9H2,1-3H3. The van der Waals surface area contributed by atoms with E-state index >= 15 is 0 Å². The van der Waals surface area contributed by atoms with Crippen LogP contribution in [0.15, 0.2) is 22.9 Å². The summed E-state index contributed by atoms with van der Waals surface area (Å²) in [5.41, 5.74) is 2.33. The number of thiophene rings is 1. The molecule has 3 aromatic heterocycles. The first-order valence-corrected chi connectivity index (χ1v) is 9.65. The van der Waals surface area contributed by atoms with Crippen LogP contribution in [0.1, 0.15) is 23.8 Å². The zero-order valence-corrected chi connectivity index (χ0v) is 15.8. The van der Waals surface area contributed by atoms with Crippen molar-refractivity contribution in [2.45, 2.75) is 44.8 Å². The van der Waals surface area contributed by atoms with E-state index in [2.05, 4.69) is 46.0 Å². The number of aromatic nitrogens is 5. The van der Waals surface area contributed by atoms with Gasteiger partial charge in [-0.05, 0) is 25.8 Å². The van der Waals surface area contributed by atoms with Crippen molar-refractivity contribution in [2.75, 3.05) is 0 Å². The van der Waals surface area contributed by atoms with Gasteiger partial charge in [-0.15, -0.1) is 21.5 Å². The van der Waals surface area contributed by atoms with Crippen LogP contribution in [0.5, 0.6) is 0 Å². The third-order valence-corrected chi connectivity index (χ3v) is 5.81. The molecule has 0 fully saturated rings. The molecule has 0 aliphatic carbocycles. The summed E-state index contributed by atoms with van der Waals surface area (Å²) in [5, 5.41) is 26.4. The van der Waals surface area contributed by atoms with Crippen LogP contribution in [0.4, 0.5) is 5.69 Å². The van der Waals surface area contributed by atoms with Crippen LogP contribution in [0.25, 0.3) is 11.4 Å². The first-order valence-electron chi connectivity index (χ1n) is 7.79. The summed E-state index contributed by atoms with van der Waals surface area (Å²) in [5.74, 6) is 1.31. The number of hydrogen-bond acceptors (Lipinski definition) is 7. The van der Waals surface area contributed by atoms with Gasteiger partial charge in [-0.2, -0.15) is 5.10 Å². The highest BCUT2D eigenvalue weighted by Crippen LogP contribution is 2.32. The summed E-state index contributed by atoms with van der Waals surface area (Å²) in [6.07, 6.45) is 3.63. The Hall–Kier alpha value is -2.20. The molecule has 3 rings (SSSR count). The van der Waals surface area contributed by atoms with Crippen molar-refractivity contribution in [3.05, 3.63) is 38.3 Å². The number of aryl methyl sites for hydroxylation is 1. The molecule has 0 aliphatic heterocycles. The SMILES string of the molecule is CCCn1c(SCn2cc([N+](=O)[O-])cn2)nnc1-c1csc(C)c1C. The van der Waals surface area contributed by atoms with Gasteiger partial charge in [0, 0.05) is 22.4 Å². The molecule has 10 heteroatoms. The minimum atomic E-state index is -0.451. The van der Waals surface area contributed by atoms with Crippen molar-refractivity contribution < 1.29 is 4.92 Å². The Balaban J connectivity index is 1.83. The number of nitrogens with zero attached hydrogens (tertiary/aromatic N) is 6. The molecule has 0 aliphatic rings. The number of rotatable bonds is 7. The maximum atomic E-state index is 10.7. The normalized spacial score (nSPS) is 11.2. The van der Waals surface area contributed by atoms with Gasteiger partial charge >= 0.3 is 5.69 Å². The smallest absolute Gasteiger partial charge is 0.302 e. The molecule has 0 N–H and O–H groups in total. The van der Waals surface area contributed by atoms with Crippen molar-refractivity contribution >= 4 is 28.8 Å². The van der Waals surface area contributed by atoms with E-state index in [0.29, 0.717) is 5.88 Å². The summed E-state index contributed by atoms with van der Waals surface area (Å²) >= 11 is 3.18. The lowest BCUT2D eigenvalue weighted by molar-refractivity contribution is -0.385. The second-order valence-corrected chi connectivity index (χ2v) is 7.55. The lowest BCUT2D eigenvalue weighted by atomic mass is 10.1. The van der Waals surface area contributed by atoms with Gasteiger partial charge in [0.15, 0.2) is 11.0 Å². The van der Waals surface area contributed by atoms with Crippen LogP contribution in [-0.4, -0.2) is 29.5 Å². The molecule has 0 aromatic carbocycles. The van der Waals surface area contributed by atoms with Crippen molar-refractivity contribution in [3.8, 4) is 11.4 Å². The first kappa shape index (κ1) is 17.6. The average Bonchev–Trinajstić information content (AvgIpc) is 3.27. The molecular formula is C15H18N6O2S2. The summed E-state index contributed by atoms with van der Waals surface area (Å²) in [4.78, 5) is 11.6. The van der Waals surface area contributed by atoms with Crippen molar-refractivity contribution in [3.63, 3.8) is 0 Å². The second-order valence-electron chi connectivity index (χ2n) is 5.56. The Labute approximate surface area is 153 Å². The van der Waals surface area contributed by atoms with Gasteiger partial charge in [-0.25, -0.2) is 0 Å². The highest BCUT2D eigenvalue weighted by molar-refractivity contribution is 7.98. The summed E-state index contributed by atoms with van der Waals surface area (Å²) in [6, 6.07) is 0. The quantitative estimate of drug-likeness (QED) is 0.352. The molecule has 0 saturated carbocycles. The molecule has 3 heterocycles. The molecule has 0 saturated heterocycles. The Morgan fingerprint density at radius 1 is 1.36 bits per heavy atom. The Kier molecular flexibility index (Phi) is 5.19. The molecule has 132 valence electrons. The predicted octanol–water partition coefficient (Wildman–Crippen LogP) is 3.89. The van der Waals surface area contributed by atoms with Gasteiger partial charge in [-0.1, -0.05) is 18.7 Å². The van der Waals surface area contributed by atoms with Gasteiger partial charge in [0.25, 0.3) is 0 Å². The van der Waals surface area contributed by atoms with E-state index in [0.717, 1.165) is 29.5 Å². The minimum absolute atomic E-state index is 0.0133. The average molecular weight is 378 g/mol. The molecular weight excluding hydrogens is 360 g/mol. The highest BCUT2D eigenvalue weighted by Gasteiger charge is 2.18. The van der Waals surface area contributed by atoms with Crippen LogP contribution in [0, 0.1) is 24.0 Å². The molecule has 0 radical (unpaired) electrons. The van der Waals surface area contributed by atoms with E-state index in [1.165, 1.54) is 39.3 Å². The Morgan fingerprint density at radius 2 is 2.16 bits per heavy atom. The third kappa shape index (κ3) is 3.59. The molecule has 0 spiro atoms. The monoisotopic (exact) mass is 378 g/mol. The molecule has 0 unspecified atom stereocenters. The fraction of sp³-hybridized carbons (Fsp3) is 0.400. The van der Waals surface area contributed by atoms with Crippen LogP contribution in [0.2, 0.25) is 0 Å². The van der Waals surface area contributed by atoms with Gasteiger partial charge in [0.2, 0.25) is 0 Å². The molecule has 8 nitrogen and oxygen atoms in total. The zero-order valence-electron chi connectivity index (χ0n) is 14.2. The minimum Gasteiger partial charge on any atom is -0.302 e. The molecule has 0 atom stereocenters. The summed E-state index contributed by atoms with van der Waals surface area (Å²) < 4.78 is 3.64. The number of hydrogen-bond donors (Lipinski definition) is 0. The van der Waals surface area contributed by atoms with E-state index in [1.54, 1.807) is 11.3 Å². The van der Waals surface area contributed by atoms with E-state index < -0.39 is 4.92 Å². The van der Waals surface area contributed by atoms with Gasteiger partial charge < -0.3 is 4.57 Å². The molecule has 3 aromatic rings. The lowest BCUT2D eigenvalue weighted by Crippen LogP contribution is -2.03. The van der Waals surface area contributed by atoms with E-state index in [1.807, 2.05) is 0 Å². The first-order chi connectivity index (χ1) is 12.0. The van der Waals surface area contributed by atoms with Crippen LogP contribution in [-0.2, 0) is 12.4 Å². The number of nitro groups is 1. The van der Waals surface area contributed by atoms with Gasteiger partial charge in [0.1, 0.15) is 12.4 Å². The second kappa shape index (κ2) is 7.36. The molecule has 0 amide bonds. The van der Waals surface area contributed by atoms with E-state index in [4.69, 9.17) is 0 Å².